The van der Waals surface area contributed by atoms with Crippen molar-refractivity contribution < 1.29 is 4.74 Å². The zero-order chi connectivity index (χ0) is 18.2. The number of guanidine groups is 1. The standard InChI is InChI=1S/C21H34N4O.HI/c1-22-21(24-18-8-4-5-9-18)23-16-20(25-14-6-3-7-15-25)17-10-12-19(26-2)13-11-17;/h10-13,18,20H,3-9,14-16H2,1-2H3,(H2,22,23,24);1H. The molecule has 5 nitrogen and oxygen atoms in total. The second-order valence-electron chi connectivity index (χ2n) is 7.46. The van der Waals surface area contributed by atoms with Crippen molar-refractivity contribution in [1.29, 1.82) is 0 Å². The third-order valence-electron chi connectivity index (χ3n) is 5.71. The minimum absolute atomic E-state index is 0. The van der Waals surface area contributed by atoms with E-state index in [1.165, 1.54) is 63.6 Å². The van der Waals surface area contributed by atoms with Crippen LogP contribution in [0.4, 0.5) is 0 Å². The van der Waals surface area contributed by atoms with Gasteiger partial charge in [0.2, 0.25) is 0 Å². The Bertz CT molecular complexity index is 566. The second-order valence-corrected chi connectivity index (χ2v) is 7.46. The molecule has 6 heteroatoms. The highest BCUT2D eigenvalue weighted by Gasteiger charge is 2.23. The summed E-state index contributed by atoms with van der Waals surface area (Å²) in [4.78, 5) is 7.06. The molecule has 152 valence electrons. The lowest BCUT2D eigenvalue weighted by Gasteiger charge is -2.35. The molecule has 1 aromatic carbocycles. The fourth-order valence-electron chi connectivity index (χ4n) is 4.17. The summed E-state index contributed by atoms with van der Waals surface area (Å²) in [5.74, 6) is 1.85. The predicted octanol–water partition coefficient (Wildman–Crippen LogP) is 3.95. The van der Waals surface area contributed by atoms with E-state index in [1.54, 1.807) is 7.11 Å². The molecule has 0 bridgehead atoms. The van der Waals surface area contributed by atoms with Gasteiger partial charge in [0, 0.05) is 19.6 Å². The summed E-state index contributed by atoms with van der Waals surface area (Å²) in [6.07, 6.45) is 9.12. The molecule has 27 heavy (non-hydrogen) atoms. The zero-order valence-corrected chi connectivity index (χ0v) is 19.1. The molecule has 1 unspecified atom stereocenters. The number of piperidine rings is 1. The maximum absolute atomic E-state index is 5.33. The Balaban J connectivity index is 0.00000261. The lowest BCUT2D eigenvalue weighted by atomic mass is 10.0. The Morgan fingerprint density at radius 1 is 1.11 bits per heavy atom. The van der Waals surface area contributed by atoms with Crippen LogP contribution in [0.2, 0.25) is 0 Å². The Morgan fingerprint density at radius 3 is 2.37 bits per heavy atom. The van der Waals surface area contributed by atoms with Crippen molar-refractivity contribution >= 4 is 29.9 Å². The molecule has 1 saturated heterocycles. The Labute approximate surface area is 181 Å². The van der Waals surface area contributed by atoms with Gasteiger partial charge in [0.05, 0.1) is 13.2 Å². The second kappa shape index (κ2) is 11.7. The molecule has 0 spiro atoms. The quantitative estimate of drug-likeness (QED) is 0.363. The first kappa shape index (κ1) is 22.3. The van der Waals surface area contributed by atoms with Crippen LogP contribution < -0.4 is 15.4 Å². The number of rotatable bonds is 6. The first-order valence-electron chi connectivity index (χ1n) is 10.2. The van der Waals surface area contributed by atoms with Gasteiger partial charge in [-0.3, -0.25) is 9.89 Å². The van der Waals surface area contributed by atoms with E-state index in [2.05, 4.69) is 44.8 Å². The zero-order valence-electron chi connectivity index (χ0n) is 16.7. The van der Waals surface area contributed by atoms with Gasteiger partial charge in [0.15, 0.2) is 5.96 Å². The van der Waals surface area contributed by atoms with E-state index in [4.69, 9.17) is 4.74 Å². The van der Waals surface area contributed by atoms with Gasteiger partial charge in [0.25, 0.3) is 0 Å². The topological polar surface area (TPSA) is 48.9 Å². The SMILES string of the molecule is CN=C(NCC(c1ccc(OC)cc1)N1CCCCC1)NC1CCCC1.I. The summed E-state index contributed by atoms with van der Waals surface area (Å²) in [5.41, 5.74) is 1.34. The Kier molecular flexibility index (Phi) is 9.68. The van der Waals surface area contributed by atoms with Crippen LogP contribution in [0.25, 0.3) is 0 Å². The maximum Gasteiger partial charge on any atom is 0.191 e. The van der Waals surface area contributed by atoms with Gasteiger partial charge in [-0.25, -0.2) is 0 Å². The molecule has 1 aliphatic carbocycles. The van der Waals surface area contributed by atoms with Crippen molar-refractivity contribution in [2.45, 2.75) is 57.0 Å². The van der Waals surface area contributed by atoms with E-state index in [9.17, 15) is 0 Å². The van der Waals surface area contributed by atoms with Gasteiger partial charge in [-0.05, 0) is 56.5 Å². The Morgan fingerprint density at radius 2 is 1.78 bits per heavy atom. The van der Waals surface area contributed by atoms with Crippen LogP contribution in [-0.4, -0.2) is 50.7 Å². The summed E-state index contributed by atoms with van der Waals surface area (Å²) >= 11 is 0. The van der Waals surface area contributed by atoms with Gasteiger partial charge in [-0.2, -0.15) is 0 Å². The fraction of sp³-hybridized carbons (Fsp3) is 0.667. The number of methoxy groups -OCH3 is 1. The molecular weight excluding hydrogens is 451 g/mol. The van der Waals surface area contributed by atoms with E-state index >= 15 is 0 Å². The average Bonchev–Trinajstić information content (AvgIpc) is 3.21. The lowest BCUT2D eigenvalue weighted by molar-refractivity contribution is 0.164. The highest BCUT2D eigenvalue weighted by Crippen LogP contribution is 2.26. The van der Waals surface area contributed by atoms with Gasteiger partial charge < -0.3 is 15.4 Å². The van der Waals surface area contributed by atoms with Gasteiger partial charge in [-0.15, -0.1) is 24.0 Å². The monoisotopic (exact) mass is 486 g/mol. The first-order valence-corrected chi connectivity index (χ1v) is 10.2. The molecule has 3 rings (SSSR count). The third-order valence-corrected chi connectivity index (χ3v) is 5.71. The van der Waals surface area contributed by atoms with Crippen LogP contribution in [0, 0.1) is 0 Å². The van der Waals surface area contributed by atoms with Crippen LogP contribution in [0.15, 0.2) is 29.3 Å². The summed E-state index contributed by atoms with van der Waals surface area (Å²) < 4.78 is 5.33. The minimum atomic E-state index is 0. The summed E-state index contributed by atoms with van der Waals surface area (Å²) in [5, 5.41) is 7.18. The largest absolute Gasteiger partial charge is 0.497 e. The highest BCUT2D eigenvalue weighted by molar-refractivity contribution is 14.0. The molecule has 1 heterocycles. The molecule has 2 N–H and O–H groups in total. The van der Waals surface area contributed by atoms with Crippen LogP contribution in [0.3, 0.4) is 0 Å². The van der Waals surface area contributed by atoms with Crippen molar-refractivity contribution in [3.63, 3.8) is 0 Å². The highest BCUT2D eigenvalue weighted by atomic mass is 127. The number of likely N-dealkylation sites (tertiary alicyclic amines) is 1. The van der Waals surface area contributed by atoms with E-state index in [-0.39, 0.29) is 24.0 Å². The first-order chi connectivity index (χ1) is 12.8. The van der Waals surface area contributed by atoms with E-state index < -0.39 is 0 Å². The summed E-state index contributed by atoms with van der Waals surface area (Å²) in [7, 11) is 3.59. The van der Waals surface area contributed by atoms with Gasteiger partial charge in [-0.1, -0.05) is 31.4 Å². The average molecular weight is 486 g/mol. The molecule has 0 radical (unpaired) electrons. The smallest absolute Gasteiger partial charge is 0.191 e. The van der Waals surface area contributed by atoms with E-state index in [0.717, 1.165) is 18.3 Å². The van der Waals surface area contributed by atoms with Crippen molar-refractivity contribution in [2.75, 3.05) is 33.8 Å². The molecule has 1 atom stereocenters. The van der Waals surface area contributed by atoms with E-state index in [1.807, 2.05) is 7.05 Å². The van der Waals surface area contributed by atoms with Crippen molar-refractivity contribution in [3.05, 3.63) is 29.8 Å². The van der Waals surface area contributed by atoms with Gasteiger partial charge >= 0.3 is 0 Å². The number of ether oxygens (including phenoxy) is 1. The lowest BCUT2D eigenvalue weighted by Crippen LogP contribution is -2.46. The summed E-state index contributed by atoms with van der Waals surface area (Å²) in [6, 6.07) is 9.48. The van der Waals surface area contributed by atoms with Crippen molar-refractivity contribution in [2.24, 2.45) is 4.99 Å². The van der Waals surface area contributed by atoms with Crippen LogP contribution in [0.1, 0.15) is 56.6 Å². The van der Waals surface area contributed by atoms with Crippen LogP contribution >= 0.6 is 24.0 Å². The molecule has 2 fully saturated rings. The van der Waals surface area contributed by atoms with E-state index in [0.29, 0.717) is 12.1 Å². The molecule has 1 saturated carbocycles. The van der Waals surface area contributed by atoms with Gasteiger partial charge in [0.1, 0.15) is 5.75 Å². The number of nitrogens with one attached hydrogen (secondary N) is 2. The maximum atomic E-state index is 5.33. The number of benzene rings is 1. The number of nitrogens with zero attached hydrogens (tertiary/aromatic N) is 2. The minimum Gasteiger partial charge on any atom is -0.497 e. The number of hydrogen-bond acceptors (Lipinski definition) is 3. The fourth-order valence-corrected chi connectivity index (χ4v) is 4.17. The predicted molar refractivity (Wildman–Crippen MR) is 123 cm³/mol. The number of halogens is 1. The van der Waals surface area contributed by atoms with Crippen molar-refractivity contribution in [3.8, 4) is 5.75 Å². The third kappa shape index (κ3) is 6.52. The Hall–Kier alpha value is -1.02. The molecule has 2 aliphatic rings. The summed E-state index contributed by atoms with van der Waals surface area (Å²) in [6.45, 7) is 3.22. The normalized spacial score (nSPS) is 20.0. The van der Waals surface area contributed by atoms with Crippen molar-refractivity contribution in [1.82, 2.24) is 15.5 Å². The molecule has 0 aromatic heterocycles. The van der Waals surface area contributed by atoms with Crippen LogP contribution in [-0.2, 0) is 0 Å². The number of hydrogen-bond donors (Lipinski definition) is 2. The molecule has 0 amide bonds. The molecule has 1 aliphatic heterocycles. The van der Waals surface area contributed by atoms with Crippen LogP contribution in [0.5, 0.6) is 5.75 Å². The molecular formula is C21H35IN4O. The number of aliphatic imine (C=N–C) groups is 1. The molecule has 1 aromatic rings.